The molecule has 8 heteroatoms. The zero-order valence-electron chi connectivity index (χ0n) is 10.9. The van der Waals surface area contributed by atoms with E-state index in [2.05, 4.69) is 26.2 Å². The lowest BCUT2D eigenvalue weighted by Crippen LogP contribution is -2.05. The van der Waals surface area contributed by atoms with Crippen molar-refractivity contribution in [2.45, 2.75) is 6.54 Å². The van der Waals surface area contributed by atoms with Gasteiger partial charge >= 0.3 is 0 Å². The van der Waals surface area contributed by atoms with Gasteiger partial charge in [-0.05, 0) is 22.0 Å². The second kappa shape index (κ2) is 5.61. The summed E-state index contributed by atoms with van der Waals surface area (Å²) in [5.74, 6) is -0.597. The maximum atomic E-state index is 13.8. The van der Waals surface area contributed by atoms with Gasteiger partial charge in [-0.25, -0.2) is 8.78 Å². The Hall–Kier alpha value is -1.67. The number of thiazole rings is 1. The summed E-state index contributed by atoms with van der Waals surface area (Å²) in [7, 11) is 1.52. The van der Waals surface area contributed by atoms with Gasteiger partial charge in [0, 0.05) is 17.6 Å². The average molecular weight is 374 g/mol. The monoisotopic (exact) mass is 373 g/mol. The van der Waals surface area contributed by atoms with E-state index >= 15 is 0 Å². The summed E-state index contributed by atoms with van der Waals surface area (Å²) in [5.41, 5.74) is 0.833. The van der Waals surface area contributed by atoms with E-state index in [0.717, 1.165) is 22.8 Å². The van der Waals surface area contributed by atoms with Gasteiger partial charge in [0.2, 0.25) is 5.88 Å². The lowest BCUT2D eigenvalue weighted by atomic mass is 10.3. The van der Waals surface area contributed by atoms with Crippen molar-refractivity contribution in [2.24, 2.45) is 0 Å². The summed E-state index contributed by atoms with van der Waals surface area (Å²) >= 11 is 4.42. The van der Waals surface area contributed by atoms with Crippen LogP contribution in [-0.4, -0.2) is 16.5 Å². The van der Waals surface area contributed by atoms with Gasteiger partial charge in [-0.2, -0.15) is 4.98 Å². The van der Waals surface area contributed by atoms with E-state index in [4.69, 9.17) is 4.74 Å². The predicted molar refractivity (Wildman–Crippen MR) is 81.0 cm³/mol. The van der Waals surface area contributed by atoms with E-state index in [1.165, 1.54) is 18.4 Å². The van der Waals surface area contributed by atoms with Crippen molar-refractivity contribution < 1.29 is 13.5 Å². The number of rotatable bonds is 4. The van der Waals surface area contributed by atoms with E-state index in [1.807, 2.05) is 16.0 Å². The van der Waals surface area contributed by atoms with E-state index in [1.54, 1.807) is 0 Å². The van der Waals surface area contributed by atoms with Crippen LogP contribution in [0.4, 0.5) is 14.5 Å². The Balaban J connectivity index is 1.89. The Bertz CT molecular complexity index is 802. The highest BCUT2D eigenvalue weighted by Crippen LogP contribution is 2.26. The molecule has 0 aliphatic rings. The first-order valence-electron chi connectivity index (χ1n) is 5.97. The van der Waals surface area contributed by atoms with Gasteiger partial charge in [0.25, 0.3) is 0 Å². The first kappa shape index (κ1) is 14.3. The standard InChI is InChI=1S/C13H10BrF2N3OS/c1-20-12-11(19-2-3-21-13(19)18-12)6-17-10-5-8(15)7(14)4-9(10)16/h2-5,17H,6H2,1H3. The van der Waals surface area contributed by atoms with E-state index in [-0.39, 0.29) is 16.7 Å². The molecule has 0 saturated carbocycles. The zero-order valence-corrected chi connectivity index (χ0v) is 13.3. The molecule has 0 fully saturated rings. The molecule has 3 aromatic rings. The van der Waals surface area contributed by atoms with Crippen LogP contribution in [0.1, 0.15) is 5.69 Å². The van der Waals surface area contributed by atoms with Crippen molar-refractivity contribution in [1.29, 1.82) is 0 Å². The number of halogens is 3. The van der Waals surface area contributed by atoms with Crippen molar-refractivity contribution in [2.75, 3.05) is 12.4 Å². The molecule has 0 bridgehead atoms. The van der Waals surface area contributed by atoms with Crippen molar-refractivity contribution in [3.05, 3.63) is 45.5 Å². The van der Waals surface area contributed by atoms with Crippen LogP contribution in [0.2, 0.25) is 0 Å². The highest BCUT2D eigenvalue weighted by Gasteiger charge is 2.15. The molecule has 0 unspecified atom stereocenters. The normalized spacial score (nSPS) is 11.0. The molecule has 1 N–H and O–H groups in total. The minimum absolute atomic E-state index is 0.0860. The second-order valence-electron chi connectivity index (χ2n) is 4.22. The Morgan fingerprint density at radius 2 is 2.19 bits per heavy atom. The first-order chi connectivity index (χ1) is 10.1. The lowest BCUT2D eigenvalue weighted by Gasteiger charge is -2.09. The van der Waals surface area contributed by atoms with Gasteiger partial charge in [0.1, 0.15) is 17.3 Å². The van der Waals surface area contributed by atoms with Gasteiger partial charge in [-0.15, -0.1) is 11.3 Å². The molecule has 21 heavy (non-hydrogen) atoms. The number of hydrogen-bond donors (Lipinski definition) is 1. The molecule has 0 spiro atoms. The molecule has 4 nitrogen and oxygen atoms in total. The molecule has 0 aliphatic carbocycles. The SMILES string of the molecule is COc1nc2sccn2c1CNc1cc(F)c(Br)cc1F. The fourth-order valence-electron chi connectivity index (χ4n) is 1.97. The number of hydrogen-bond acceptors (Lipinski definition) is 4. The van der Waals surface area contributed by atoms with Gasteiger partial charge in [0.05, 0.1) is 23.8 Å². The summed E-state index contributed by atoms with van der Waals surface area (Å²) in [6.45, 7) is 0.263. The maximum absolute atomic E-state index is 13.8. The summed E-state index contributed by atoms with van der Waals surface area (Å²) in [5, 5.41) is 4.76. The lowest BCUT2D eigenvalue weighted by molar-refractivity contribution is 0.395. The number of anilines is 1. The Labute approximate surface area is 131 Å². The quantitative estimate of drug-likeness (QED) is 0.700. The molecule has 110 valence electrons. The molecule has 0 atom stereocenters. The van der Waals surface area contributed by atoms with Crippen LogP contribution in [0.5, 0.6) is 5.88 Å². The first-order valence-corrected chi connectivity index (χ1v) is 7.64. The van der Waals surface area contributed by atoms with Crippen LogP contribution in [0, 0.1) is 11.6 Å². The molecule has 3 rings (SSSR count). The predicted octanol–water partition coefficient (Wildman–Crippen LogP) is 4.06. The van der Waals surface area contributed by atoms with Gasteiger partial charge in [0.15, 0.2) is 4.96 Å². The summed E-state index contributed by atoms with van der Waals surface area (Å²) in [6.07, 6.45) is 1.85. The molecule has 0 aliphatic heterocycles. The minimum atomic E-state index is -0.534. The highest BCUT2D eigenvalue weighted by molar-refractivity contribution is 9.10. The van der Waals surface area contributed by atoms with Crippen LogP contribution in [0.25, 0.3) is 4.96 Å². The van der Waals surface area contributed by atoms with E-state index in [9.17, 15) is 8.78 Å². The van der Waals surface area contributed by atoms with Crippen LogP contribution < -0.4 is 10.1 Å². The Kier molecular flexibility index (Phi) is 3.81. The van der Waals surface area contributed by atoms with Gasteiger partial charge in [-0.3, -0.25) is 4.40 Å². The van der Waals surface area contributed by atoms with Crippen molar-refractivity contribution in [3.8, 4) is 5.88 Å². The molecule has 0 amide bonds. The molecule has 0 saturated heterocycles. The summed E-state index contributed by atoms with van der Waals surface area (Å²) < 4.78 is 34.4. The number of methoxy groups -OCH3 is 1. The van der Waals surface area contributed by atoms with Crippen molar-refractivity contribution >= 4 is 37.9 Å². The molecule has 0 radical (unpaired) electrons. The highest BCUT2D eigenvalue weighted by atomic mass is 79.9. The smallest absolute Gasteiger partial charge is 0.238 e. The van der Waals surface area contributed by atoms with Crippen LogP contribution in [0.15, 0.2) is 28.2 Å². The number of fused-ring (bicyclic) bond motifs is 1. The number of nitrogens with one attached hydrogen (secondary N) is 1. The largest absolute Gasteiger partial charge is 0.480 e. The van der Waals surface area contributed by atoms with Crippen molar-refractivity contribution in [1.82, 2.24) is 9.38 Å². The second-order valence-corrected chi connectivity index (χ2v) is 5.95. The van der Waals surface area contributed by atoms with Gasteiger partial charge < -0.3 is 10.1 Å². The number of aromatic nitrogens is 2. The molecular weight excluding hydrogens is 364 g/mol. The third kappa shape index (κ3) is 2.60. The van der Waals surface area contributed by atoms with E-state index in [0.29, 0.717) is 5.88 Å². The summed E-state index contributed by atoms with van der Waals surface area (Å²) in [6, 6.07) is 2.20. The summed E-state index contributed by atoms with van der Waals surface area (Å²) in [4.78, 5) is 5.08. The Morgan fingerprint density at radius 3 is 2.95 bits per heavy atom. The minimum Gasteiger partial charge on any atom is -0.480 e. The topological polar surface area (TPSA) is 38.6 Å². The zero-order chi connectivity index (χ0) is 15.0. The number of imidazole rings is 1. The average Bonchev–Trinajstić information content (AvgIpc) is 3.02. The van der Waals surface area contributed by atoms with Crippen LogP contribution >= 0.6 is 27.3 Å². The van der Waals surface area contributed by atoms with Crippen molar-refractivity contribution in [3.63, 3.8) is 0 Å². The fourth-order valence-corrected chi connectivity index (χ4v) is 3.01. The van der Waals surface area contributed by atoms with Crippen LogP contribution in [-0.2, 0) is 6.54 Å². The third-order valence-electron chi connectivity index (χ3n) is 2.97. The number of nitrogens with zero attached hydrogens (tertiary/aromatic N) is 2. The molecule has 1 aromatic carbocycles. The molecule has 2 heterocycles. The van der Waals surface area contributed by atoms with Crippen LogP contribution in [0.3, 0.4) is 0 Å². The number of benzene rings is 1. The van der Waals surface area contributed by atoms with Gasteiger partial charge in [-0.1, -0.05) is 0 Å². The maximum Gasteiger partial charge on any atom is 0.238 e. The molecular formula is C13H10BrF2N3OS. The van der Waals surface area contributed by atoms with E-state index < -0.39 is 11.6 Å². The fraction of sp³-hybridized carbons (Fsp3) is 0.154. The number of ether oxygens (including phenoxy) is 1. The molecule has 2 aromatic heterocycles. The third-order valence-corrected chi connectivity index (χ3v) is 4.34. The Morgan fingerprint density at radius 1 is 1.38 bits per heavy atom.